The Morgan fingerprint density at radius 3 is 2.72 bits per heavy atom. The molecule has 0 radical (unpaired) electrons. The number of rotatable bonds is 6. The molecule has 0 amide bonds. The fourth-order valence-electron chi connectivity index (χ4n) is 5.56. The zero-order valence-corrected chi connectivity index (χ0v) is 15.5. The van der Waals surface area contributed by atoms with Gasteiger partial charge < -0.3 is 14.8 Å². The van der Waals surface area contributed by atoms with E-state index >= 15 is 0 Å². The van der Waals surface area contributed by atoms with E-state index in [0.29, 0.717) is 37.8 Å². The molecule has 3 fully saturated rings. The number of Topliss-reactive ketones (excluding diaryl/α,β-unsaturated/α-hetero) is 1. The number of hydroxylamine groups is 2. The Balaban J connectivity index is 1.57. The average molecular weight is 355 g/mol. The van der Waals surface area contributed by atoms with Crippen molar-refractivity contribution in [1.29, 1.82) is 0 Å². The molecule has 6 heteroatoms. The quantitative estimate of drug-likeness (QED) is 0.592. The summed E-state index contributed by atoms with van der Waals surface area (Å²) in [6, 6.07) is 0.142. The van der Waals surface area contributed by atoms with Gasteiger partial charge in [0.15, 0.2) is 5.78 Å². The van der Waals surface area contributed by atoms with Gasteiger partial charge in [0.1, 0.15) is 18.7 Å². The molecule has 1 aliphatic heterocycles. The minimum Gasteiger partial charge on any atom is -0.600 e. The summed E-state index contributed by atoms with van der Waals surface area (Å²) in [6.45, 7) is 4.16. The van der Waals surface area contributed by atoms with Crippen LogP contribution in [0.2, 0.25) is 0 Å². The molecule has 0 spiro atoms. The van der Waals surface area contributed by atoms with Crippen LogP contribution in [0.5, 0.6) is 0 Å². The summed E-state index contributed by atoms with van der Waals surface area (Å²) < 4.78 is 5.61. The molecular weight excluding hydrogens is 320 g/mol. The Labute approximate surface area is 151 Å². The maximum absolute atomic E-state index is 12.9. The molecule has 3 aliphatic rings. The Hall–Kier alpha value is -0.530. The van der Waals surface area contributed by atoms with Gasteiger partial charge in [-0.1, -0.05) is 6.42 Å². The number of fused-ring (bicyclic) bond motifs is 1. The molecule has 25 heavy (non-hydrogen) atoms. The van der Waals surface area contributed by atoms with Gasteiger partial charge in [0.05, 0.1) is 12.6 Å². The van der Waals surface area contributed by atoms with Crippen LogP contribution in [-0.4, -0.2) is 48.9 Å². The van der Waals surface area contributed by atoms with Gasteiger partial charge in [0.2, 0.25) is 0 Å². The fourth-order valence-corrected chi connectivity index (χ4v) is 5.56. The number of piperidine rings is 1. The van der Waals surface area contributed by atoms with Crippen molar-refractivity contribution in [2.45, 2.75) is 82.9 Å². The number of quaternary nitrogens is 2. The summed E-state index contributed by atoms with van der Waals surface area (Å²) >= 11 is 0. The summed E-state index contributed by atoms with van der Waals surface area (Å²) in [5.74, 6) is 1.02. The van der Waals surface area contributed by atoms with Crippen molar-refractivity contribution in [3.63, 3.8) is 0 Å². The van der Waals surface area contributed by atoms with Crippen molar-refractivity contribution < 1.29 is 24.9 Å². The third-order valence-electron chi connectivity index (χ3n) is 6.85. The lowest BCUT2D eigenvalue weighted by Crippen LogP contribution is -3.18. The first-order chi connectivity index (χ1) is 12.1. The predicted octanol–water partition coefficient (Wildman–Crippen LogP) is 0.139. The maximum Gasteiger partial charge on any atom is 0.190 e. The van der Waals surface area contributed by atoms with E-state index < -0.39 is 11.3 Å². The number of carbonyl (C=O) groups excluding carboxylic acids is 1. The smallest absolute Gasteiger partial charge is 0.190 e. The molecule has 144 valence electrons. The molecule has 1 saturated heterocycles. The molecule has 2 saturated carbocycles. The van der Waals surface area contributed by atoms with Crippen molar-refractivity contribution in [3.8, 4) is 0 Å². The van der Waals surface area contributed by atoms with E-state index in [4.69, 9.17) is 4.74 Å². The van der Waals surface area contributed by atoms with Crippen molar-refractivity contribution in [2.24, 2.45) is 11.8 Å². The Kier molecular flexibility index (Phi) is 6.86. The molecular formula is C19H35N2O4+. The van der Waals surface area contributed by atoms with Crippen molar-refractivity contribution in [2.75, 3.05) is 19.7 Å². The van der Waals surface area contributed by atoms with Crippen LogP contribution in [0.1, 0.15) is 64.7 Å². The van der Waals surface area contributed by atoms with Gasteiger partial charge in [-0.25, -0.2) is 10.4 Å². The zero-order valence-electron chi connectivity index (χ0n) is 15.5. The van der Waals surface area contributed by atoms with Crippen LogP contribution in [-0.2, 0) is 9.53 Å². The Bertz CT molecular complexity index is 443. The number of nitrogens with one attached hydrogen (secondary N) is 2. The summed E-state index contributed by atoms with van der Waals surface area (Å²) in [7, 11) is 0. The number of carbonyl (C=O) groups is 1. The topological polar surface area (TPSA) is 78.5 Å². The molecule has 0 aromatic carbocycles. The van der Waals surface area contributed by atoms with Gasteiger partial charge in [-0.2, -0.15) is 0 Å². The minimum absolute atomic E-state index is 0.0886. The second-order valence-corrected chi connectivity index (χ2v) is 8.29. The molecule has 7 atom stereocenters. The molecule has 3 rings (SSSR count). The molecule has 1 heterocycles. The predicted molar refractivity (Wildman–Crippen MR) is 93.3 cm³/mol. The maximum atomic E-state index is 12.9. The number of hydrogen-bond donors (Lipinski definition) is 3. The van der Waals surface area contributed by atoms with Crippen molar-refractivity contribution >= 4 is 5.78 Å². The van der Waals surface area contributed by atoms with Crippen molar-refractivity contribution in [3.05, 3.63) is 5.21 Å². The number of likely N-dealkylation sites (tertiary alicyclic amines) is 1. The standard InChI is InChI=1S/C19H34N2O4/c1-2-25-19-10-9-15(12-17(19)21(23)24)18(22)13-20-11-5-7-14-6-3-4-8-16(14)20/h14-17,19,21,23H,2-13H2,1H3/p+1. The molecule has 3 N–H and O–H groups in total. The van der Waals surface area contributed by atoms with Gasteiger partial charge in [-0.15, -0.1) is 0 Å². The van der Waals surface area contributed by atoms with E-state index in [1.165, 1.54) is 43.4 Å². The van der Waals surface area contributed by atoms with E-state index in [1.807, 2.05) is 6.92 Å². The third-order valence-corrected chi connectivity index (χ3v) is 6.85. The average Bonchev–Trinajstić information content (AvgIpc) is 2.62. The lowest BCUT2D eigenvalue weighted by atomic mass is 9.77. The van der Waals surface area contributed by atoms with Crippen LogP contribution in [0.15, 0.2) is 0 Å². The van der Waals surface area contributed by atoms with Crippen LogP contribution in [0.3, 0.4) is 0 Å². The first-order valence-electron chi connectivity index (χ1n) is 10.3. The third kappa shape index (κ3) is 4.61. The molecule has 0 bridgehead atoms. The van der Waals surface area contributed by atoms with Crippen LogP contribution in [0, 0.1) is 17.0 Å². The summed E-state index contributed by atoms with van der Waals surface area (Å²) in [6.07, 6.45) is 9.55. The number of ketones is 1. The van der Waals surface area contributed by atoms with E-state index in [1.54, 1.807) is 0 Å². The summed E-state index contributed by atoms with van der Waals surface area (Å²) in [4.78, 5) is 14.4. The minimum atomic E-state index is -0.811. The highest BCUT2D eigenvalue weighted by Gasteiger charge is 2.42. The SMILES string of the molecule is CCOC1CCC(C(=O)C[NH+]2CCCC3CCCCC32)CC1[NH+]([O-])O. The molecule has 0 aromatic rings. The van der Waals surface area contributed by atoms with Gasteiger partial charge >= 0.3 is 0 Å². The highest BCUT2D eigenvalue weighted by atomic mass is 16.8. The first-order valence-corrected chi connectivity index (χ1v) is 10.3. The number of ether oxygens (including phenoxy) is 1. The first kappa shape index (κ1) is 19.2. The molecule has 2 aliphatic carbocycles. The van der Waals surface area contributed by atoms with E-state index in [9.17, 15) is 15.2 Å². The monoisotopic (exact) mass is 355 g/mol. The normalized spacial score (nSPS) is 40.3. The zero-order chi connectivity index (χ0) is 17.8. The van der Waals surface area contributed by atoms with Crippen LogP contribution in [0.4, 0.5) is 0 Å². The largest absolute Gasteiger partial charge is 0.600 e. The second kappa shape index (κ2) is 8.91. The lowest BCUT2D eigenvalue weighted by molar-refractivity contribution is -1.07. The Morgan fingerprint density at radius 1 is 1.20 bits per heavy atom. The molecule has 6 nitrogen and oxygen atoms in total. The van der Waals surface area contributed by atoms with E-state index in [0.717, 1.165) is 18.9 Å². The highest BCUT2D eigenvalue weighted by Crippen LogP contribution is 2.29. The van der Waals surface area contributed by atoms with Crippen LogP contribution >= 0.6 is 0 Å². The lowest BCUT2D eigenvalue weighted by Gasteiger charge is -2.42. The molecule has 7 unspecified atom stereocenters. The van der Waals surface area contributed by atoms with E-state index in [2.05, 4.69) is 0 Å². The second-order valence-electron chi connectivity index (χ2n) is 8.29. The Morgan fingerprint density at radius 2 is 1.96 bits per heavy atom. The van der Waals surface area contributed by atoms with Gasteiger partial charge in [0, 0.05) is 24.9 Å². The van der Waals surface area contributed by atoms with Gasteiger partial charge in [-0.3, -0.25) is 4.79 Å². The number of hydrogen-bond acceptors (Lipinski definition) is 4. The van der Waals surface area contributed by atoms with Gasteiger partial charge in [0.25, 0.3) is 0 Å². The highest BCUT2D eigenvalue weighted by molar-refractivity contribution is 5.82. The van der Waals surface area contributed by atoms with Gasteiger partial charge in [-0.05, 0) is 51.9 Å². The summed E-state index contributed by atoms with van der Waals surface area (Å²) in [5, 5.41) is 20.3. The van der Waals surface area contributed by atoms with Crippen LogP contribution < -0.4 is 10.1 Å². The summed E-state index contributed by atoms with van der Waals surface area (Å²) in [5.41, 5.74) is 0. The van der Waals surface area contributed by atoms with Crippen molar-refractivity contribution in [1.82, 2.24) is 0 Å². The molecule has 0 aromatic heterocycles. The fraction of sp³-hybridized carbons (Fsp3) is 0.947. The van der Waals surface area contributed by atoms with Crippen LogP contribution in [0.25, 0.3) is 0 Å². The van der Waals surface area contributed by atoms with E-state index in [-0.39, 0.29) is 12.0 Å².